The molecule has 16 heavy (non-hydrogen) atoms. The topological polar surface area (TPSA) is 4.93 Å². The van der Waals surface area contributed by atoms with E-state index in [1.807, 2.05) is 26.8 Å². The van der Waals surface area contributed by atoms with Crippen LogP contribution in [0.1, 0.15) is 19.4 Å². The molecule has 0 radical (unpaired) electrons. The minimum Gasteiger partial charge on any atom is -0.264 e. The summed E-state index contributed by atoms with van der Waals surface area (Å²) in [5.41, 5.74) is 1.82. The molecular weight excluding hydrogens is 313 g/mol. The van der Waals surface area contributed by atoms with Gasteiger partial charge in [-0.05, 0) is 40.5 Å². The molecule has 0 aliphatic rings. The Morgan fingerprint density at radius 2 is 2.00 bits per heavy atom. The van der Waals surface area contributed by atoms with Crippen LogP contribution in [-0.4, -0.2) is 3.97 Å². The number of aromatic nitrogens is 1. The number of hydrogen-bond donors (Lipinski definition) is 0. The molecule has 0 N–H and O–H groups in total. The van der Waals surface area contributed by atoms with E-state index in [0.717, 1.165) is 20.9 Å². The van der Waals surface area contributed by atoms with Gasteiger partial charge in [-0.25, -0.2) is 0 Å². The quantitative estimate of drug-likeness (QED) is 0.644. The zero-order chi connectivity index (χ0) is 12.3. The van der Waals surface area contributed by atoms with Crippen LogP contribution in [0.5, 0.6) is 0 Å². The predicted molar refractivity (Wildman–Crippen MR) is 74.8 cm³/mol. The van der Waals surface area contributed by atoms with Crippen LogP contribution in [0.4, 0.5) is 3.89 Å². The number of fused-ring (bicyclic) bond motifs is 1. The highest BCUT2D eigenvalue weighted by Crippen LogP contribution is 2.32. The zero-order valence-electron chi connectivity index (χ0n) is 9.22. The van der Waals surface area contributed by atoms with E-state index in [0.29, 0.717) is 5.02 Å². The van der Waals surface area contributed by atoms with Crippen LogP contribution in [0.3, 0.4) is 0 Å². The Hall–Kier alpha value is -0.190. The fourth-order valence-corrected chi connectivity index (χ4v) is 2.33. The van der Waals surface area contributed by atoms with Gasteiger partial charge in [-0.1, -0.05) is 25.4 Å². The van der Waals surface area contributed by atoms with Gasteiger partial charge < -0.3 is 0 Å². The van der Waals surface area contributed by atoms with Gasteiger partial charge in [-0.2, -0.15) is 0 Å². The molecule has 0 aliphatic heterocycles. The van der Waals surface area contributed by atoms with Crippen molar-refractivity contribution in [3.8, 4) is 0 Å². The number of aryl methyl sites for hydroxylation is 1. The maximum Gasteiger partial charge on any atom is 0.169 e. The maximum absolute atomic E-state index is 12.5. The van der Waals surface area contributed by atoms with E-state index in [9.17, 15) is 3.89 Å². The first-order valence-corrected chi connectivity index (χ1v) is 6.73. The highest BCUT2D eigenvalue weighted by Gasteiger charge is 2.08. The van der Waals surface area contributed by atoms with Gasteiger partial charge in [0.25, 0.3) is 0 Å². The van der Waals surface area contributed by atoms with Crippen molar-refractivity contribution in [1.29, 1.82) is 0 Å². The lowest BCUT2D eigenvalue weighted by molar-refractivity contribution is 0.921. The summed E-state index contributed by atoms with van der Waals surface area (Å²) in [6.07, 6.45) is 1.75. The normalized spacial score (nSPS) is 10.1. The number of rotatable bonds is 1. The Morgan fingerprint density at radius 3 is 2.56 bits per heavy atom. The highest BCUT2D eigenvalue weighted by atomic mass is 79.9. The SMILES string of the molecule is CC.Cc1cn(SF)c2cc(Cl)c(Br)cc12. The molecule has 2 rings (SSSR count). The van der Waals surface area contributed by atoms with Crippen LogP contribution in [-0.2, 0) is 0 Å². The molecule has 0 saturated carbocycles. The Balaban J connectivity index is 0.000000606. The van der Waals surface area contributed by atoms with E-state index in [4.69, 9.17) is 11.6 Å². The lowest BCUT2D eigenvalue weighted by Gasteiger charge is -1.99. The molecule has 0 spiro atoms. The minimum absolute atomic E-state index is 0.176. The van der Waals surface area contributed by atoms with E-state index in [-0.39, 0.29) is 12.3 Å². The summed E-state index contributed by atoms with van der Waals surface area (Å²) in [6, 6.07) is 3.65. The molecule has 1 heterocycles. The molecule has 0 bridgehead atoms. The van der Waals surface area contributed by atoms with Crippen molar-refractivity contribution in [3.63, 3.8) is 0 Å². The van der Waals surface area contributed by atoms with Crippen molar-refractivity contribution >= 4 is 50.8 Å². The fourth-order valence-electron chi connectivity index (χ4n) is 1.41. The first-order valence-electron chi connectivity index (χ1n) is 4.89. The van der Waals surface area contributed by atoms with Crippen LogP contribution in [0, 0.1) is 6.92 Å². The molecule has 1 aromatic heterocycles. The molecule has 1 nitrogen and oxygen atoms in total. The van der Waals surface area contributed by atoms with Crippen molar-refractivity contribution in [1.82, 2.24) is 3.97 Å². The summed E-state index contributed by atoms with van der Waals surface area (Å²) in [6.45, 7) is 5.94. The van der Waals surface area contributed by atoms with Crippen molar-refractivity contribution < 1.29 is 3.89 Å². The third-order valence-electron chi connectivity index (χ3n) is 2.09. The van der Waals surface area contributed by atoms with E-state index in [1.165, 1.54) is 3.97 Å². The smallest absolute Gasteiger partial charge is 0.169 e. The lowest BCUT2D eigenvalue weighted by atomic mass is 10.2. The minimum atomic E-state index is 0.176. The van der Waals surface area contributed by atoms with Crippen LogP contribution in [0.15, 0.2) is 22.8 Å². The molecule has 0 unspecified atom stereocenters. The molecule has 88 valence electrons. The maximum atomic E-state index is 12.5. The molecule has 0 amide bonds. The Kier molecular flexibility index (Phi) is 5.15. The summed E-state index contributed by atoms with van der Waals surface area (Å²) in [7, 11) is 0. The predicted octanol–water partition coefficient (Wildman–Crippen LogP) is 5.77. The average molecular weight is 325 g/mol. The third-order valence-corrected chi connectivity index (χ3v) is 3.73. The van der Waals surface area contributed by atoms with Gasteiger partial charge in [-0.15, -0.1) is 3.89 Å². The van der Waals surface area contributed by atoms with Crippen molar-refractivity contribution in [3.05, 3.63) is 33.4 Å². The summed E-state index contributed by atoms with van der Waals surface area (Å²) in [5.74, 6) is 0. The van der Waals surface area contributed by atoms with E-state index >= 15 is 0 Å². The van der Waals surface area contributed by atoms with Crippen LogP contribution >= 0.6 is 39.9 Å². The van der Waals surface area contributed by atoms with Crippen LogP contribution in [0.2, 0.25) is 5.02 Å². The van der Waals surface area contributed by atoms with Gasteiger partial charge >= 0.3 is 0 Å². The summed E-state index contributed by atoms with van der Waals surface area (Å²) in [5, 5.41) is 1.59. The molecule has 0 saturated heterocycles. The monoisotopic (exact) mass is 323 g/mol. The number of nitrogens with zero attached hydrogens (tertiary/aromatic N) is 1. The molecule has 0 atom stereocenters. The lowest BCUT2D eigenvalue weighted by Crippen LogP contribution is -1.79. The van der Waals surface area contributed by atoms with Crippen LogP contribution < -0.4 is 0 Å². The summed E-state index contributed by atoms with van der Waals surface area (Å²) < 4.78 is 14.8. The fraction of sp³-hybridized carbons (Fsp3) is 0.273. The van der Waals surface area contributed by atoms with Crippen molar-refractivity contribution in [2.24, 2.45) is 0 Å². The average Bonchev–Trinajstić information content (AvgIpc) is 2.59. The van der Waals surface area contributed by atoms with Crippen LogP contribution in [0.25, 0.3) is 10.9 Å². The van der Waals surface area contributed by atoms with Gasteiger partial charge in [0.05, 0.1) is 10.5 Å². The van der Waals surface area contributed by atoms with E-state index < -0.39 is 0 Å². The van der Waals surface area contributed by atoms with Gasteiger partial charge in [0, 0.05) is 16.1 Å². The molecule has 0 fully saturated rings. The Labute approximate surface area is 113 Å². The number of halogens is 3. The second-order valence-corrected chi connectivity index (χ2v) is 4.78. The second-order valence-electron chi connectivity index (χ2n) is 2.99. The van der Waals surface area contributed by atoms with Gasteiger partial charge in [0.15, 0.2) is 12.3 Å². The second kappa shape index (κ2) is 5.94. The standard InChI is InChI=1S/C9H6BrClFNS.C2H6/c1-5-4-13(14-12)9-3-8(11)7(10)2-6(5)9;1-2/h2-4H,1H3;1-2H3. The van der Waals surface area contributed by atoms with Crippen molar-refractivity contribution in [2.75, 3.05) is 0 Å². The molecule has 5 heteroatoms. The Morgan fingerprint density at radius 1 is 1.38 bits per heavy atom. The largest absolute Gasteiger partial charge is 0.264 e. The number of hydrogen-bond acceptors (Lipinski definition) is 1. The third kappa shape index (κ3) is 2.55. The zero-order valence-corrected chi connectivity index (χ0v) is 12.4. The van der Waals surface area contributed by atoms with Gasteiger partial charge in [-0.3, -0.25) is 3.97 Å². The van der Waals surface area contributed by atoms with E-state index in [1.54, 1.807) is 12.3 Å². The molecule has 1 aromatic carbocycles. The van der Waals surface area contributed by atoms with Gasteiger partial charge in [0.2, 0.25) is 0 Å². The van der Waals surface area contributed by atoms with Gasteiger partial charge in [0.1, 0.15) is 0 Å². The molecule has 2 aromatic rings. The summed E-state index contributed by atoms with van der Waals surface area (Å²) in [4.78, 5) is 0. The summed E-state index contributed by atoms with van der Waals surface area (Å²) >= 11 is 9.45. The Bertz CT molecular complexity index is 498. The van der Waals surface area contributed by atoms with Crippen molar-refractivity contribution in [2.45, 2.75) is 20.8 Å². The highest BCUT2D eigenvalue weighted by molar-refractivity contribution is 9.10. The number of benzene rings is 1. The molecule has 0 aliphatic carbocycles. The molecular formula is C11H12BrClFNS. The first kappa shape index (κ1) is 13.9. The first-order chi connectivity index (χ1) is 7.63. The van der Waals surface area contributed by atoms with E-state index in [2.05, 4.69) is 15.9 Å².